The van der Waals surface area contributed by atoms with E-state index in [0.717, 1.165) is 0 Å². The number of nitrogens with one attached hydrogen (secondary N) is 1. The van der Waals surface area contributed by atoms with Crippen LogP contribution >= 0.6 is 0 Å². The Balaban J connectivity index is 2.79. The summed E-state index contributed by atoms with van der Waals surface area (Å²) in [5.74, 6) is 5.96. The lowest BCUT2D eigenvalue weighted by molar-refractivity contribution is -0.0156. The van der Waals surface area contributed by atoms with Crippen molar-refractivity contribution in [2.75, 3.05) is 13.7 Å². The normalized spacial score (nSPS) is 13.5. The van der Waals surface area contributed by atoms with Crippen molar-refractivity contribution in [1.82, 2.24) is 15.4 Å². The number of hydrogen-bond donors (Lipinski definition) is 2. The molecule has 0 aliphatic rings. The summed E-state index contributed by atoms with van der Waals surface area (Å²) in [5.41, 5.74) is 3.07. The molecule has 1 heterocycles. The van der Waals surface area contributed by atoms with Crippen molar-refractivity contribution in [2.24, 2.45) is 5.84 Å². The number of hydrogen-bond acceptors (Lipinski definition) is 6. The van der Waals surface area contributed by atoms with E-state index in [0.29, 0.717) is 18.2 Å². The summed E-state index contributed by atoms with van der Waals surface area (Å²) in [5, 5.41) is 0. The molecule has 1 unspecified atom stereocenters. The van der Waals surface area contributed by atoms with Gasteiger partial charge in [0.15, 0.2) is 0 Å². The van der Waals surface area contributed by atoms with E-state index in [1.165, 1.54) is 0 Å². The highest BCUT2D eigenvalue weighted by atomic mass is 16.5. The zero-order valence-electron chi connectivity index (χ0n) is 10.7. The monoisotopic (exact) mass is 240 g/mol. The van der Waals surface area contributed by atoms with Crippen LogP contribution in [0, 0.1) is 0 Å². The van der Waals surface area contributed by atoms with E-state index in [9.17, 15) is 0 Å². The first-order valence-electron chi connectivity index (χ1n) is 5.43. The molecule has 1 aromatic rings. The van der Waals surface area contributed by atoms with Gasteiger partial charge in [-0.1, -0.05) is 0 Å². The Hall–Kier alpha value is -1.24. The lowest BCUT2D eigenvalue weighted by Crippen LogP contribution is -2.35. The molecule has 1 aromatic heterocycles. The van der Waals surface area contributed by atoms with Gasteiger partial charge in [-0.2, -0.15) is 0 Å². The van der Waals surface area contributed by atoms with Crippen LogP contribution < -0.4 is 16.0 Å². The Labute approximate surface area is 102 Å². The maximum atomic E-state index is 5.67. The fourth-order valence-electron chi connectivity index (χ4n) is 1.27. The van der Waals surface area contributed by atoms with Crippen LogP contribution in [-0.4, -0.2) is 29.3 Å². The third-order valence-corrected chi connectivity index (χ3v) is 2.10. The van der Waals surface area contributed by atoms with Crippen molar-refractivity contribution in [1.29, 1.82) is 0 Å². The Morgan fingerprint density at radius 2 is 2.00 bits per heavy atom. The first kappa shape index (κ1) is 13.8. The van der Waals surface area contributed by atoms with E-state index in [1.54, 1.807) is 19.5 Å². The summed E-state index contributed by atoms with van der Waals surface area (Å²) in [6.07, 6.45) is 3.17. The van der Waals surface area contributed by atoms with Gasteiger partial charge in [0.2, 0.25) is 5.88 Å². The fourth-order valence-corrected chi connectivity index (χ4v) is 1.27. The van der Waals surface area contributed by atoms with Crippen LogP contribution in [0.15, 0.2) is 12.4 Å². The number of nitrogens with zero attached hydrogens (tertiary/aromatic N) is 2. The minimum atomic E-state index is -0.252. The van der Waals surface area contributed by atoms with Gasteiger partial charge in [-0.05, 0) is 20.8 Å². The first-order valence-corrected chi connectivity index (χ1v) is 5.43. The van der Waals surface area contributed by atoms with Crippen LogP contribution in [0.5, 0.6) is 5.88 Å². The van der Waals surface area contributed by atoms with Crippen molar-refractivity contribution >= 4 is 0 Å². The molecule has 96 valence electrons. The number of aromatic nitrogens is 2. The average Bonchev–Trinajstić information content (AvgIpc) is 2.29. The molecule has 3 N–H and O–H groups in total. The molecular weight excluding hydrogens is 220 g/mol. The van der Waals surface area contributed by atoms with E-state index >= 15 is 0 Å². The van der Waals surface area contributed by atoms with Crippen LogP contribution in [0.1, 0.15) is 32.5 Å². The lowest BCUT2D eigenvalue weighted by Gasteiger charge is -2.24. The quantitative estimate of drug-likeness (QED) is 0.585. The third-order valence-electron chi connectivity index (χ3n) is 2.10. The van der Waals surface area contributed by atoms with E-state index < -0.39 is 0 Å². The third kappa shape index (κ3) is 4.26. The van der Waals surface area contributed by atoms with Gasteiger partial charge in [-0.25, -0.2) is 10.4 Å². The Kier molecular flexibility index (Phi) is 4.80. The van der Waals surface area contributed by atoms with Crippen molar-refractivity contribution in [3.63, 3.8) is 0 Å². The second-order valence-electron chi connectivity index (χ2n) is 4.59. The molecular formula is C11H20N4O2. The fraction of sp³-hybridized carbons (Fsp3) is 0.636. The van der Waals surface area contributed by atoms with E-state index in [1.807, 2.05) is 20.8 Å². The van der Waals surface area contributed by atoms with Crippen LogP contribution in [0.3, 0.4) is 0 Å². The Morgan fingerprint density at radius 1 is 1.35 bits per heavy atom. The molecule has 0 fully saturated rings. The number of rotatable bonds is 5. The van der Waals surface area contributed by atoms with Gasteiger partial charge < -0.3 is 9.47 Å². The van der Waals surface area contributed by atoms with E-state index in [4.69, 9.17) is 15.3 Å². The summed E-state index contributed by atoms with van der Waals surface area (Å²) >= 11 is 0. The standard InChI is InChI=1S/C11H20N4O2/c1-11(2,3)17-7-8(15-12)9-10(16-4)14-6-5-13-9/h5-6,8,15H,7,12H2,1-4H3. The van der Waals surface area contributed by atoms with E-state index in [-0.39, 0.29) is 11.6 Å². The molecule has 0 saturated carbocycles. The molecule has 0 aromatic carbocycles. The molecule has 1 rings (SSSR count). The van der Waals surface area contributed by atoms with Gasteiger partial charge in [0.05, 0.1) is 25.4 Å². The molecule has 0 saturated heterocycles. The van der Waals surface area contributed by atoms with Crippen molar-refractivity contribution < 1.29 is 9.47 Å². The number of methoxy groups -OCH3 is 1. The number of nitrogens with two attached hydrogens (primary N) is 1. The smallest absolute Gasteiger partial charge is 0.237 e. The van der Waals surface area contributed by atoms with Gasteiger partial charge in [-0.15, -0.1) is 0 Å². The van der Waals surface area contributed by atoms with E-state index in [2.05, 4.69) is 15.4 Å². The average molecular weight is 240 g/mol. The van der Waals surface area contributed by atoms with Gasteiger partial charge >= 0.3 is 0 Å². The van der Waals surface area contributed by atoms with Gasteiger partial charge in [0.25, 0.3) is 0 Å². The van der Waals surface area contributed by atoms with Gasteiger partial charge in [0.1, 0.15) is 5.69 Å². The van der Waals surface area contributed by atoms with Crippen LogP contribution in [0.4, 0.5) is 0 Å². The maximum absolute atomic E-state index is 5.67. The number of hydrazine groups is 1. The SMILES string of the molecule is COc1nccnc1C(COC(C)(C)C)NN. The molecule has 0 radical (unpaired) electrons. The van der Waals surface area contributed by atoms with Crippen LogP contribution in [-0.2, 0) is 4.74 Å². The summed E-state index contributed by atoms with van der Waals surface area (Å²) in [4.78, 5) is 8.29. The maximum Gasteiger partial charge on any atom is 0.237 e. The summed E-state index contributed by atoms with van der Waals surface area (Å²) in [6, 6.07) is -0.252. The molecule has 6 nitrogen and oxygen atoms in total. The molecule has 1 atom stereocenters. The molecule has 17 heavy (non-hydrogen) atoms. The van der Waals surface area contributed by atoms with Crippen molar-refractivity contribution in [3.8, 4) is 5.88 Å². The summed E-state index contributed by atoms with van der Waals surface area (Å²) < 4.78 is 10.8. The zero-order valence-corrected chi connectivity index (χ0v) is 10.7. The highest BCUT2D eigenvalue weighted by Crippen LogP contribution is 2.21. The van der Waals surface area contributed by atoms with Crippen LogP contribution in [0.25, 0.3) is 0 Å². The van der Waals surface area contributed by atoms with Crippen LogP contribution in [0.2, 0.25) is 0 Å². The molecule has 0 aliphatic carbocycles. The lowest BCUT2D eigenvalue weighted by atomic mass is 10.1. The molecule has 6 heteroatoms. The molecule has 0 amide bonds. The van der Waals surface area contributed by atoms with Crippen molar-refractivity contribution in [3.05, 3.63) is 18.1 Å². The molecule has 0 bridgehead atoms. The predicted octanol–water partition coefficient (Wildman–Crippen LogP) is 0.805. The Morgan fingerprint density at radius 3 is 2.53 bits per heavy atom. The van der Waals surface area contributed by atoms with Gasteiger partial charge in [0, 0.05) is 12.4 Å². The molecule has 0 spiro atoms. The Bertz CT molecular complexity index is 352. The number of ether oxygens (including phenoxy) is 2. The minimum absolute atomic E-state index is 0.232. The first-order chi connectivity index (χ1) is 7.98. The molecule has 0 aliphatic heterocycles. The summed E-state index contributed by atoms with van der Waals surface area (Å²) in [7, 11) is 1.55. The largest absolute Gasteiger partial charge is 0.480 e. The topological polar surface area (TPSA) is 82.3 Å². The van der Waals surface area contributed by atoms with Gasteiger partial charge in [-0.3, -0.25) is 10.8 Å². The predicted molar refractivity (Wildman–Crippen MR) is 64.4 cm³/mol. The summed E-state index contributed by atoms with van der Waals surface area (Å²) in [6.45, 7) is 6.34. The second kappa shape index (κ2) is 5.90. The second-order valence-corrected chi connectivity index (χ2v) is 4.59. The zero-order chi connectivity index (χ0) is 12.9. The van der Waals surface area contributed by atoms with Crippen molar-refractivity contribution in [2.45, 2.75) is 32.4 Å². The highest BCUT2D eigenvalue weighted by molar-refractivity contribution is 5.21. The minimum Gasteiger partial charge on any atom is -0.480 e. The highest BCUT2D eigenvalue weighted by Gasteiger charge is 2.20.